The van der Waals surface area contributed by atoms with Gasteiger partial charge in [-0.05, 0) is 65.3 Å². The van der Waals surface area contributed by atoms with Gasteiger partial charge in [-0.25, -0.2) is 4.90 Å². The second kappa shape index (κ2) is 12.7. The number of imide groups is 1. The third kappa shape index (κ3) is 5.98. The van der Waals surface area contributed by atoms with Crippen molar-refractivity contribution >= 4 is 34.8 Å². The Labute approximate surface area is 248 Å². The van der Waals surface area contributed by atoms with E-state index in [9.17, 15) is 40.1 Å². The predicted molar refractivity (Wildman–Crippen MR) is 160 cm³/mol. The minimum Gasteiger partial charge on any atom is -0.508 e. The Morgan fingerprint density at radius 2 is 1.72 bits per heavy atom. The number of phenolic OH excluding ortho intramolecular Hbond substituents is 1. The Kier molecular flexibility index (Phi) is 8.81. The number of fused-ring (bicyclic) bond motifs is 1. The van der Waals surface area contributed by atoms with Crippen molar-refractivity contribution in [1.29, 1.82) is 0 Å². The van der Waals surface area contributed by atoms with Crippen LogP contribution in [-0.4, -0.2) is 56.5 Å². The molecule has 0 bridgehead atoms. The number of non-ortho nitro benzene ring substituents is 1. The fraction of sp³-hybridized carbons (Fsp3) is 0.273. The number of nitro benzene ring substituents is 1. The Morgan fingerprint density at radius 3 is 2.37 bits per heavy atom. The van der Waals surface area contributed by atoms with Crippen LogP contribution in [0.3, 0.4) is 0 Å². The highest BCUT2D eigenvalue weighted by molar-refractivity contribution is 6.22. The maximum absolute atomic E-state index is 13.7. The molecule has 0 spiro atoms. The van der Waals surface area contributed by atoms with E-state index in [0.717, 1.165) is 27.7 Å². The molecular formula is C33H32N2O8. The lowest BCUT2D eigenvalue weighted by Gasteiger charge is -2.36. The molecule has 10 heteroatoms. The number of anilines is 1. The molecule has 1 heterocycles. The third-order valence-corrected chi connectivity index (χ3v) is 8.30. The number of aliphatic hydroxyl groups is 3. The molecule has 1 fully saturated rings. The molecule has 2 amide bonds. The van der Waals surface area contributed by atoms with Crippen LogP contribution in [0.15, 0.2) is 90.0 Å². The summed E-state index contributed by atoms with van der Waals surface area (Å²) in [6, 6.07) is 21.6. The summed E-state index contributed by atoms with van der Waals surface area (Å²) < 4.78 is 0. The average Bonchev–Trinajstić information content (AvgIpc) is 3.28. The lowest BCUT2D eigenvalue weighted by atomic mass is 9.68. The van der Waals surface area contributed by atoms with Gasteiger partial charge in [0.1, 0.15) is 5.75 Å². The summed E-state index contributed by atoms with van der Waals surface area (Å²) in [7, 11) is 0. The van der Waals surface area contributed by atoms with Crippen LogP contribution < -0.4 is 4.90 Å². The van der Waals surface area contributed by atoms with E-state index >= 15 is 0 Å². The molecule has 2 aliphatic rings. The molecular weight excluding hydrogens is 552 g/mol. The number of allylic oxidation sites excluding steroid dienone is 1. The quantitative estimate of drug-likeness (QED) is 0.0911. The van der Waals surface area contributed by atoms with E-state index in [-0.39, 0.29) is 30.0 Å². The van der Waals surface area contributed by atoms with Gasteiger partial charge in [0.05, 0.1) is 41.8 Å². The summed E-state index contributed by atoms with van der Waals surface area (Å²) in [6.07, 6.45) is 1.48. The first kappa shape index (κ1) is 29.8. The summed E-state index contributed by atoms with van der Waals surface area (Å²) in [5.74, 6) is -3.80. The second-order valence-electron chi connectivity index (χ2n) is 10.8. The fourth-order valence-electron chi connectivity index (χ4n) is 6.28. The number of phenols is 1. The normalized spacial score (nSPS) is 21.2. The zero-order valence-corrected chi connectivity index (χ0v) is 23.2. The van der Waals surface area contributed by atoms with E-state index in [2.05, 4.69) is 0 Å². The zero-order valence-electron chi connectivity index (χ0n) is 23.2. The second-order valence-corrected chi connectivity index (χ2v) is 10.8. The topological polar surface area (TPSA) is 161 Å². The SMILES string of the molecule is O=C1[C@@H]2[C@@H](CC(CO)=C([C@H](O)CC/C(=C/c3ccc(O)cc3)c3ccccc3)[C@@H]2CO)C(=O)N1c1cccc([N+](=O)[O-])c1. The first-order chi connectivity index (χ1) is 20.7. The van der Waals surface area contributed by atoms with Gasteiger partial charge in [0, 0.05) is 18.1 Å². The number of hydrogen-bond acceptors (Lipinski definition) is 8. The number of nitro groups is 1. The smallest absolute Gasteiger partial charge is 0.271 e. The highest BCUT2D eigenvalue weighted by Gasteiger charge is 2.55. The molecule has 43 heavy (non-hydrogen) atoms. The van der Waals surface area contributed by atoms with Crippen molar-refractivity contribution in [2.75, 3.05) is 18.1 Å². The van der Waals surface area contributed by atoms with Crippen molar-refractivity contribution in [2.24, 2.45) is 17.8 Å². The minimum absolute atomic E-state index is 0.0228. The molecule has 4 atom stereocenters. The van der Waals surface area contributed by atoms with Crippen LogP contribution in [0.2, 0.25) is 0 Å². The van der Waals surface area contributed by atoms with Gasteiger partial charge < -0.3 is 20.4 Å². The standard InChI is InChI=1S/C33H32N2O8/c36-18-23-16-27-31(33(41)34(32(27)40)24-7-4-8-25(17-24)35(42)43)28(19-37)30(23)29(39)14-11-22(21-5-2-1-3-6-21)15-20-9-12-26(38)13-10-20/h1-10,12-13,15,17,27-29,31,36-39H,11,14,16,18-19H2/b22-15-/t27-,28+,29-,31-/m1/s1. The number of benzene rings is 3. The summed E-state index contributed by atoms with van der Waals surface area (Å²) in [6.45, 7) is -0.993. The number of aromatic hydroxyl groups is 1. The monoisotopic (exact) mass is 584 g/mol. The first-order valence-corrected chi connectivity index (χ1v) is 14.0. The van der Waals surface area contributed by atoms with E-state index in [0.29, 0.717) is 17.6 Å². The van der Waals surface area contributed by atoms with Crippen LogP contribution in [0, 0.1) is 27.9 Å². The molecule has 4 N–H and O–H groups in total. The average molecular weight is 585 g/mol. The van der Waals surface area contributed by atoms with Gasteiger partial charge in [-0.1, -0.05) is 54.6 Å². The van der Waals surface area contributed by atoms with Crippen LogP contribution in [-0.2, 0) is 9.59 Å². The highest BCUT2D eigenvalue weighted by Crippen LogP contribution is 2.47. The van der Waals surface area contributed by atoms with E-state index in [4.69, 9.17) is 0 Å². The minimum atomic E-state index is -1.12. The predicted octanol–water partition coefficient (Wildman–Crippen LogP) is 4.09. The molecule has 1 saturated heterocycles. The van der Waals surface area contributed by atoms with Gasteiger partial charge in [-0.3, -0.25) is 19.7 Å². The number of rotatable bonds is 10. The molecule has 1 aliphatic heterocycles. The molecule has 1 aliphatic carbocycles. The molecule has 10 nitrogen and oxygen atoms in total. The molecule has 0 radical (unpaired) electrons. The summed E-state index contributed by atoms with van der Waals surface area (Å²) in [4.78, 5) is 38.7. The molecule has 0 unspecified atom stereocenters. The first-order valence-electron chi connectivity index (χ1n) is 14.0. The highest BCUT2D eigenvalue weighted by atomic mass is 16.6. The Morgan fingerprint density at radius 1 is 1.00 bits per heavy atom. The number of hydrogen-bond donors (Lipinski definition) is 4. The van der Waals surface area contributed by atoms with Crippen molar-refractivity contribution in [3.05, 3.63) is 111 Å². The van der Waals surface area contributed by atoms with E-state index < -0.39 is 53.8 Å². The van der Waals surface area contributed by atoms with Crippen molar-refractivity contribution in [3.8, 4) is 5.75 Å². The summed E-state index contributed by atoms with van der Waals surface area (Å²) in [5.41, 5.74) is 3.25. The van der Waals surface area contributed by atoms with Gasteiger partial charge in [-0.15, -0.1) is 0 Å². The Bertz CT molecular complexity index is 1580. The van der Waals surface area contributed by atoms with Crippen LogP contribution in [0.5, 0.6) is 5.75 Å². The number of aliphatic hydroxyl groups excluding tert-OH is 3. The van der Waals surface area contributed by atoms with Crippen LogP contribution in [0.4, 0.5) is 11.4 Å². The van der Waals surface area contributed by atoms with Crippen molar-refractivity contribution in [3.63, 3.8) is 0 Å². The largest absolute Gasteiger partial charge is 0.508 e. The van der Waals surface area contributed by atoms with Crippen molar-refractivity contribution in [2.45, 2.75) is 25.4 Å². The van der Waals surface area contributed by atoms with Crippen LogP contribution >= 0.6 is 0 Å². The number of carbonyl (C=O) groups excluding carboxylic acids is 2. The number of carbonyl (C=O) groups is 2. The molecule has 5 rings (SSSR count). The van der Waals surface area contributed by atoms with Crippen LogP contribution in [0.25, 0.3) is 11.6 Å². The zero-order chi connectivity index (χ0) is 30.7. The fourth-order valence-corrected chi connectivity index (χ4v) is 6.28. The van der Waals surface area contributed by atoms with Gasteiger partial charge in [0.25, 0.3) is 5.69 Å². The van der Waals surface area contributed by atoms with Crippen molar-refractivity contribution in [1.82, 2.24) is 0 Å². The maximum Gasteiger partial charge on any atom is 0.271 e. The maximum atomic E-state index is 13.7. The lowest BCUT2D eigenvalue weighted by Crippen LogP contribution is -2.39. The number of nitrogens with zero attached hydrogens (tertiary/aromatic N) is 2. The Balaban J connectivity index is 1.43. The van der Waals surface area contributed by atoms with Gasteiger partial charge in [0.2, 0.25) is 11.8 Å². The molecule has 3 aromatic carbocycles. The molecule has 0 aromatic heterocycles. The van der Waals surface area contributed by atoms with E-state index in [1.54, 1.807) is 24.3 Å². The Hall–Kier alpha value is -4.64. The van der Waals surface area contributed by atoms with Gasteiger partial charge in [-0.2, -0.15) is 0 Å². The third-order valence-electron chi connectivity index (χ3n) is 8.30. The lowest BCUT2D eigenvalue weighted by molar-refractivity contribution is -0.384. The van der Waals surface area contributed by atoms with Gasteiger partial charge in [0.15, 0.2) is 0 Å². The van der Waals surface area contributed by atoms with Crippen LogP contribution in [0.1, 0.15) is 30.4 Å². The molecule has 0 saturated carbocycles. The van der Waals surface area contributed by atoms with Gasteiger partial charge >= 0.3 is 0 Å². The van der Waals surface area contributed by atoms with Crippen molar-refractivity contribution < 1.29 is 34.9 Å². The summed E-state index contributed by atoms with van der Waals surface area (Å²) >= 11 is 0. The van der Waals surface area contributed by atoms with E-state index in [1.807, 2.05) is 36.4 Å². The molecule has 3 aromatic rings. The molecule has 222 valence electrons. The summed E-state index contributed by atoms with van der Waals surface area (Å²) in [5, 5.41) is 53.2. The number of amides is 2. The van der Waals surface area contributed by atoms with E-state index in [1.165, 1.54) is 18.2 Å².